The smallest absolute Gasteiger partial charge is 0.235 e. The molecule has 2 unspecified atom stereocenters. The zero-order valence-corrected chi connectivity index (χ0v) is 12.9. The number of carbonyl (C=O) groups is 1. The average Bonchev–Trinajstić information content (AvgIpc) is 2.70. The molecule has 1 aromatic rings. The third-order valence-corrected chi connectivity index (χ3v) is 5.10. The fourth-order valence-electron chi connectivity index (χ4n) is 1.31. The van der Waals surface area contributed by atoms with Crippen molar-refractivity contribution < 1.29 is 9.00 Å². The van der Waals surface area contributed by atoms with Crippen LogP contribution in [0.1, 0.15) is 30.7 Å². The van der Waals surface area contributed by atoms with Crippen LogP contribution in [-0.2, 0) is 21.3 Å². The van der Waals surface area contributed by atoms with E-state index in [4.69, 9.17) is 0 Å². The van der Waals surface area contributed by atoms with Gasteiger partial charge in [0.05, 0.1) is 10.8 Å². The van der Waals surface area contributed by atoms with Crippen molar-refractivity contribution in [2.75, 3.05) is 6.54 Å². The number of hydrogen-bond donors (Lipinski definition) is 1. The van der Waals surface area contributed by atoms with Gasteiger partial charge in [-0.3, -0.25) is 9.00 Å². The minimum absolute atomic E-state index is 0.136. The second-order valence-corrected chi connectivity index (χ2v) is 7.73. The molecule has 1 heterocycles. The summed E-state index contributed by atoms with van der Waals surface area (Å²) in [7, 11) is -1.19. The summed E-state index contributed by atoms with van der Waals surface area (Å²) in [6.45, 7) is 8.31. The first-order valence-electron chi connectivity index (χ1n) is 5.96. The molecule has 18 heavy (non-hydrogen) atoms. The van der Waals surface area contributed by atoms with Crippen LogP contribution in [0, 0.1) is 12.8 Å². The summed E-state index contributed by atoms with van der Waals surface area (Å²) in [5.74, 6) is 0.670. The van der Waals surface area contributed by atoms with E-state index >= 15 is 0 Å². The Labute approximate surface area is 115 Å². The van der Waals surface area contributed by atoms with E-state index in [0.717, 1.165) is 9.88 Å². The highest BCUT2D eigenvalue weighted by Gasteiger charge is 2.20. The third-order valence-electron chi connectivity index (χ3n) is 2.40. The van der Waals surface area contributed by atoms with Crippen molar-refractivity contribution in [3.8, 4) is 0 Å². The minimum Gasteiger partial charge on any atom is -0.355 e. The van der Waals surface area contributed by atoms with Crippen molar-refractivity contribution in [2.24, 2.45) is 5.92 Å². The van der Waals surface area contributed by atoms with Gasteiger partial charge >= 0.3 is 0 Å². The predicted molar refractivity (Wildman–Crippen MR) is 76.0 cm³/mol. The van der Waals surface area contributed by atoms with Gasteiger partial charge in [-0.05, 0) is 19.8 Å². The van der Waals surface area contributed by atoms with Gasteiger partial charge in [-0.25, -0.2) is 4.98 Å². The van der Waals surface area contributed by atoms with E-state index in [1.54, 1.807) is 13.1 Å². The third kappa shape index (κ3) is 4.86. The molecule has 4 nitrogen and oxygen atoms in total. The number of aromatic nitrogens is 1. The Morgan fingerprint density at radius 2 is 2.17 bits per heavy atom. The lowest BCUT2D eigenvalue weighted by Gasteiger charge is -2.12. The number of nitrogens with zero attached hydrogens (tertiary/aromatic N) is 1. The molecule has 102 valence electrons. The molecule has 0 aromatic carbocycles. The Kier molecular flexibility index (Phi) is 5.95. The van der Waals surface area contributed by atoms with Gasteiger partial charge in [0.15, 0.2) is 0 Å². The molecule has 0 aliphatic carbocycles. The van der Waals surface area contributed by atoms with E-state index in [0.29, 0.717) is 18.2 Å². The van der Waals surface area contributed by atoms with Gasteiger partial charge in [-0.1, -0.05) is 13.8 Å². The number of nitrogens with one attached hydrogen (secondary N) is 1. The van der Waals surface area contributed by atoms with Crippen molar-refractivity contribution in [1.29, 1.82) is 0 Å². The van der Waals surface area contributed by atoms with Crippen molar-refractivity contribution in [3.63, 3.8) is 0 Å². The molecule has 0 bridgehead atoms. The van der Waals surface area contributed by atoms with Gasteiger partial charge in [0.1, 0.15) is 5.25 Å². The van der Waals surface area contributed by atoms with Crippen LogP contribution in [0.15, 0.2) is 6.20 Å². The van der Waals surface area contributed by atoms with E-state index in [9.17, 15) is 9.00 Å². The predicted octanol–water partition coefficient (Wildman–Crippen LogP) is 1.86. The second kappa shape index (κ2) is 6.99. The first-order valence-corrected chi connectivity index (χ1v) is 8.16. The van der Waals surface area contributed by atoms with Crippen LogP contribution in [0.5, 0.6) is 0 Å². The molecule has 2 atom stereocenters. The van der Waals surface area contributed by atoms with E-state index < -0.39 is 16.0 Å². The molecule has 0 saturated carbocycles. The average molecular weight is 288 g/mol. The standard InChI is InChI=1S/C12H20N2O2S2/c1-8(2)5-14-12(15)9(3)18(16)7-11-6-13-10(4)17-11/h6,8-9H,5,7H2,1-4H3,(H,14,15). The molecular formula is C12H20N2O2S2. The van der Waals surface area contributed by atoms with Gasteiger partial charge in [0, 0.05) is 28.4 Å². The Hall–Kier alpha value is -0.750. The van der Waals surface area contributed by atoms with Crippen molar-refractivity contribution in [1.82, 2.24) is 10.3 Å². The molecule has 0 fully saturated rings. The van der Waals surface area contributed by atoms with Gasteiger partial charge in [0.25, 0.3) is 0 Å². The maximum Gasteiger partial charge on any atom is 0.235 e. The summed E-state index contributed by atoms with van der Waals surface area (Å²) in [5, 5.41) is 3.29. The largest absolute Gasteiger partial charge is 0.355 e. The fraction of sp³-hybridized carbons (Fsp3) is 0.667. The molecule has 0 saturated heterocycles. The molecule has 1 N–H and O–H groups in total. The lowest BCUT2D eigenvalue weighted by molar-refractivity contribution is -0.120. The number of thiazole rings is 1. The number of amides is 1. The number of hydrogen-bond acceptors (Lipinski definition) is 4. The van der Waals surface area contributed by atoms with E-state index in [1.807, 2.05) is 20.8 Å². The molecule has 6 heteroatoms. The first-order chi connectivity index (χ1) is 8.40. The summed E-state index contributed by atoms with van der Waals surface area (Å²) in [4.78, 5) is 16.9. The van der Waals surface area contributed by atoms with Crippen molar-refractivity contribution in [2.45, 2.75) is 38.7 Å². The molecule has 0 spiro atoms. The van der Waals surface area contributed by atoms with Crippen molar-refractivity contribution >= 4 is 28.0 Å². The van der Waals surface area contributed by atoms with Crippen LogP contribution in [0.25, 0.3) is 0 Å². The Morgan fingerprint density at radius 3 is 2.67 bits per heavy atom. The topological polar surface area (TPSA) is 59.1 Å². The zero-order valence-electron chi connectivity index (χ0n) is 11.2. The highest BCUT2D eigenvalue weighted by molar-refractivity contribution is 7.85. The SMILES string of the molecule is Cc1ncc(CS(=O)C(C)C(=O)NCC(C)C)s1. The number of rotatable bonds is 6. The summed E-state index contributed by atoms with van der Waals surface area (Å²) in [6.07, 6.45) is 1.73. The van der Waals surface area contributed by atoms with E-state index in [-0.39, 0.29) is 5.91 Å². The monoisotopic (exact) mass is 288 g/mol. The lowest BCUT2D eigenvalue weighted by atomic mass is 10.2. The summed E-state index contributed by atoms with van der Waals surface area (Å²) < 4.78 is 12.0. The Balaban J connectivity index is 2.48. The van der Waals surface area contributed by atoms with Crippen LogP contribution < -0.4 is 5.32 Å². The van der Waals surface area contributed by atoms with Gasteiger partial charge in [0.2, 0.25) is 5.91 Å². The Bertz CT molecular complexity index is 429. The molecule has 0 aliphatic heterocycles. The zero-order chi connectivity index (χ0) is 13.7. The maximum absolute atomic E-state index is 12.0. The molecule has 1 aromatic heterocycles. The van der Waals surface area contributed by atoms with E-state index in [2.05, 4.69) is 10.3 Å². The normalized spacial score (nSPS) is 14.5. The lowest BCUT2D eigenvalue weighted by Crippen LogP contribution is -2.37. The van der Waals surface area contributed by atoms with E-state index in [1.165, 1.54) is 11.3 Å². The number of carbonyl (C=O) groups excluding carboxylic acids is 1. The molecule has 0 aliphatic rings. The molecular weight excluding hydrogens is 268 g/mol. The van der Waals surface area contributed by atoms with Crippen LogP contribution >= 0.6 is 11.3 Å². The quantitative estimate of drug-likeness (QED) is 0.869. The molecule has 1 amide bonds. The molecule has 1 rings (SSSR count). The van der Waals surface area contributed by atoms with Crippen LogP contribution in [-0.4, -0.2) is 26.9 Å². The summed E-state index contributed by atoms with van der Waals surface area (Å²) in [6, 6.07) is 0. The second-order valence-electron chi connectivity index (χ2n) is 4.65. The van der Waals surface area contributed by atoms with Crippen LogP contribution in [0.2, 0.25) is 0 Å². The fourth-order valence-corrected chi connectivity index (χ4v) is 3.41. The Morgan fingerprint density at radius 1 is 1.50 bits per heavy atom. The highest BCUT2D eigenvalue weighted by atomic mass is 32.2. The molecule has 0 radical (unpaired) electrons. The van der Waals surface area contributed by atoms with Gasteiger partial charge in [-0.2, -0.15) is 0 Å². The summed E-state index contributed by atoms with van der Waals surface area (Å²) >= 11 is 1.53. The summed E-state index contributed by atoms with van der Waals surface area (Å²) in [5.41, 5.74) is 0. The van der Waals surface area contributed by atoms with Crippen LogP contribution in [0.3, 0.4) is 0 Å². The first kappa shape index (κ1) is 15.3. The number of aryl methyl sites for hydroxylation is 1. The van der Waals surface area contributed by atoms with Crippen LogP contribution in [0.4, 0.5) is 0 Å². The van der Waals surface area contributed by atoms with Gasteiger partial charge in [-0.15, -0.1) is 11.3 Å². The van der Waals surface area contributed by atoms with Crippen molar-refractivity contribution in [3.05, 3.63) is 16.1 Å². The highest BCUT2D eigenvalue weighted by Crippen LogP contribution is 2.15. The minimum atomic E-state index is -1.19. The van der Waals surface area contributed by atoms with Gasteiger partial charge < -0.3 is 5.32 Å². The maximum atomic E-state index is 12.0.